The van der Waals surface area contributed by atoms with Gasteiger partial charge in [-0.05, 0) is 48.9 Å². The Labute approximate surface area is 130 Å². The van der Waals surface area contributed by atoms with E-state index in [0.717, 1.165) is 31.4 Å². The fourth-order valence-corrected chi connectivity index (χ4v) is 3.35. The van der Waals surface area contributed by atoms with Gasteiger partial charge in [-0.15, -0.1) is 0 Å². The molecule has 1 aromatic carbocycles. The molecule has 1 aliphatic rings. The molecule has 0 atom stereocenters. The van der Waals surface area contributed by atoms with E-state index >= 15 is 0 Å². The second-order valence-electron chi connectivity index (χ2n) is 6.97. The molecule has 118 valence electrons. The molecule has 2 nitrogen and oxygen atoms in total. The summed E-state index contributed by atoms with van der Waals surface area (Å²) >= 11 is 0. The molecular weight excluding hydrogens is 258 g/mol. The molecule has 21 heavy (non-hydrogen) atoms. The molecule has 1 saturated carbocycles. The lowest BCUT2D eigenvalue weighted by Gasteiger charge is -2.48. The average Bonchev–Trinajstić information content (AvgIpc) is 2.45. The van der Waals surface area contributed by atoms with E-state index in [1.54, 1.807) is 0 Å². The van der Waals surface area contributed by atoms with E-state index in [1.165, 1.54) is 24.8 Å². The van der Waals surface area contributed by atoms with Crippen molar-refractivity contribution >= 4 is 0 Å². The van der Waals surface area contributed by atoms with Gasteiger partial charge in [0, 0.05) is 12.0 Å². The third-order valence-electron chi connectivity index (χ3n) is 4.70. The van der Waals surface area contributed by atoms with Crippen LogP contribution < -0.4 is 10.1 Å². The Morgan fingerprint density at radius 2 is 1.86 bits per heavy atom. The number of hydrogen-bond acceptors (Lipinski definition) is 2. The highest BCUT2D eigenvalue weighted by atomic mass is 16.5. The Morgan fingerprint density at radius 1 is 1.19 bits per heavy atom. The van der Waals surface area contributed by atoms with Gasteiger partial charge in [0.05, 0.1) is 6.61 Å². The van der Waals surface area contributed by atoms with Crippen LogP contribution >= 0.6 is 0 Å². The molecule has 0 saturated heterocycles. The lowest BCUT2D eigenvalue weighted by molar-refractivity contribution is 0.134. The minimum atomic E-state index is 0.354. The third kappa shape index (κ3) is 4.00. The molecule has 2 heteroatoms. The van der Waals surface area contributed by atoms with E-state index in [2.05, 4.69) is 57.3 Å². The molecule has 0 unspecified atom stereocenters. The SMILES string of the molecule is CCNCC1(c2ccc(OCC(C)C)cc2)CC(CC)C1. The summed E-state index contributed by atoms with van der Waals surface area (Å²) in [4.78, 5) is 0. The quantitative estimate of drug-likeness (QED) is 0.766. The third-order valence-corrected chi connectivity index (χ3v) is 4.70. The highest BCUT2D eigenvalue weighted by Crippen LogP contribution is 2.49. The van der Waals surface area contributed by atoms with Crippen LogP contribution in [-0.4, -0.2) is 19.7 Å². The van der Waals surface area contributed by atoms with Crippen molar-refractivity contribution in [2.24, 2.45) is 11.8 Å². The first-order valence-electron chi connectivity index (χ1n) is 8.53. The average molecular weight is 289 g/mol. The Bertz CT molecular complexity index is 412. The van der Waals surface area contributed by atoms with E-state index < -0.39 is 0 Å². The van der Waals surface area contributed by atoms with Gasteiger partial charge < -0.3 is 10.1 Å². The van der Waals surface area contributed by atoms with Gasteiger partial charge in [-0.25, -0.2) is 0 Å². The van der Waals surface area contributed by atoms with Gasteiger partial charge in [0.2, 0.25) is 0 Å². The molecule has 0 heterocycles. The second kappa shape index (κ2) is 7.31. The van der Waals surface area contributed by atoms with Gasteiger partial charge in [0.15, 0.2) is 0 Å². The maximum absolute atomic E-state index is 5.79. The maximum atomic E-state index is 5.79. The Kier molecular flexibility index (Phi) is 5.69. The minimum absolute atomic E-state index is 0.354. The zero-order valence-electron chi connectivity index (χ0n) is 14.1. The molecule has 0 amide bonds. The Hall–Kier alpha value is -1.02. The first-order chi connectivity index (χ1) is 10.1. The van der Waals surface area contributed by atoms with Crippen molar-refractivity contribution in [3.8, 4) is 5.75 Å². The summed E-state index contributed by atoms with van der Waals surface area (Å²) < 4.78 is 5.79. The molecule has 0 radical (unpaired) electrons. The van der Waals surface area contributed by atoms with Crippen LogP contribution in [0.3, 0.4) is 0 Å². The smallest absolute Gasteiger partial charge is 0.119 e. The molecule has 0 aliphatic heterocycles. The molecule has 1 N–H and O–H groups in total. The fraction of sp³-hybridized carbons (Fsp3) is 0.684. The van der Waals surface area contributed by atoms with Crippen LogP contribution in [0.1, 0.15) is 52.5 Å². The van der Waals surface area contributed by atoms with E-state index in [9.17, 15) is 0 Å². The first-order valence-corrected chi connectivity index (χ1v) is 8.53. The number of benzene rings is 1. The summed E-state index contributed by atoms with van der Waals surface area (Å²) in [6.07, 6.45) is 3.95. The highest BCUT2D eigenvalue weighted by Gasteiger charge is 2.43. The molecule has 0 spiro atoms. The van der Waals surface area contributed by atoms with Crippen molar-refractivity contribution in [1.82, 2.24) is 5.32 Å². The van der Waals surface area contributed by atoms with Crippen molar-refractivity contribution in [2.45, 2.75) is 52.4 Å². The van der Waals surface area contributed by atoms with Gasteiger partial charge >= 0.3 is 0 Å². The highest BCUT2D eigenvalue weighted by molar-refractivity contribution is 5.35. The van der Waals surface area contributed by atoms with E-state index in [1.807, 2.05) is 0 Å². The van der Waals surface area contributed by atoms with Gasteiger partial charge in [-0.3, -0.25) is 0 Å². The van der Waals surface area contributed by atoms with Crippen molar-refractivity contribution in [3.05, 3.63) is 29.8 Å². The number of nitrogens with one attached hydrogen (secondary N) is 1. The minimum Gasteiger partial charge on any atom is -0.493 e. The van der Waals surface area contributed by atoms with E-state index in [-0.39, 0.29) is 0 Å². The van der Waals surface area contributed by atoms with Crippen molar-refractivity contribution < 1.29 is 4.74 Å². The fourth-order valence-electron chi connectivity index (χ4n) is 3.35. The normalized spacial score (nSPS) is 24.9. The Morgan fingerprint density at radius 3 is 2.38 bits per heavy atom. The second-order valence-corrected chi connectivity index (χ2v) is 6.97. The lowest BCUT2D eigenvalue weighted by Crippen LogP contribution is -2.48. The lowest BCUT2D eigenvalue weighted by atomic mass is 9.58. The van der Waals surface area contributed by atoms with Gasteiger partial charge in [-0.2, -0.15) is 0 Å². The molecule has 1 aliphatic carbocycles. The predicted octanol–water partition coefficient (Wildman–Crippen LogP) is 4.39. The molecule has 0 aromatic heterocycles. The van der Waals surface area contributed by atoms with Crippen LogP contribution in [-0.2, 0) is 5.41 Å². The largest absolute Gasteiger partial charge is 0.493 e. The summed E-state index contributed by atoms with van der Waals surface area (Å²) in [5, 5.41) is 3.56. The maximum Gasteiger partial charge on any atom is 0.119 e. The number of ether oxygens (including phenoxy) is 1. The van der Waals surface area contributed by atoms with Crippen molar-refractivity contribution in [1.29, 1.82) is 0 Å². The van der Waals surface area contributed by atoms with Crippen LogP contribution in [0.4, 0.5) is 0 Å². The van der Waals surface area contributed by atoms with Crippen molar-refractivity contribution in [3.63, 3.8) is 0 Å². The van der Waals surface area contributed by atoms with Crippen LogP contribution in [0.15, 0.2) is 24.3 Å². The molecule has 1 aromatic rings. The van der Waals surface area contributed by atoms with E-state index in [0.29, 0.717) is 11.3 Å². The number of hydrogen-bond donors (Lipinski definition) is 1. The van der Waals surface area contributed by atoms with Crippen LogP contribution in [0.5, 0.6) is 5.75 Å². The Balaban J connectivity index is 2.03. The predicted molar refractivity (Wildman–Crippen MR) is 90.0 cm³/mol. The van der Waals surface area contributed by atoms with Crippen molar-refractivity contribution in [2.75, 3.05) is 19.7 Å². The summed E-state index contributed by atoms with van der Waals surface area (Å²) in [7, 11) is 0. The first kappa shape index (κ1) is 16.4. The number of likely N-dealkylation sites (N-methyl/N-ethyl adjacent to an activating group) is 1. The molecule has 2 rings (SSSR count). The van der Waals surface area contributed by atoms with Crippen LogP contribution in [0.2, 0.25) is 0 Å². The summed E-state index contributed by atoms with van der Waals surface area (Å²) in [6.45, 7) is 11.8. The summed E-state index contributed by atoms with van der Waals surface area (Å²) in [6, 6.07) is 8.84. The zero-order chi connectivity index (χ0) is 15.3. The molecule has 1 fully saturated rings. The zero-order valence-corrected chi connectivity index (χ0v) is 14.1. The van der Waals surface area contributed by atoms with Crippen LogP contribution in [0.25, 0.3) is 0 Å². The monoisotopic (exact) mass is 289 g/mol. The number of rotatable bonds is 8. The van der Waals surface area contributed by atoms with Gasteiger partial charge in [-0.1, -0.05) is 46.2 Å². The summed E-state index contributed by atoms with van der Waals surface area (Å²) in [5.74, 6) is 2.47. The van der Waals surface area contributed by atoms with Crippen LogP contribution in [0, 0.1) is 11.8 Å². The molecular formula is C19H31NO. The standard InChI is InChI=1S/C19H31NO/c1-5-16-11-19(12-16,14-20-6-2)17-7-9-18(10-8-17)21-13-15(3)4/h7-10,15-16,20H,5-6,11-14H2,1-4H3. The summed E-state index contributed by atoms with van der Waals surface area (Å²) in [5.41, 5.74) is 1.83. The van der Waals surface area contributed by atoms with Gasteiger partial charge in [0.25, 0.3) is 0 Å². The van der Waals surface area contributed by atoms with Gasteiger partial charge in [0.1, 0.15) is 5.75 Å². The van der Waals surface area contributed by atoms with E-state index in [4.69, 9.17) is 4.74 Å². The molecule has 0 bridgehead atoms. The topological polar surface area (TPSA) is 21.3 Å².